The van der Waals surface area contributed by atoms with Gasteiger partial charge in [-0.2, -0.15) is 0 Å². The lowest BCUT2D eigenvalue weighted by molar-refractivity contribution is 0.102. The summed E-state index contributed by atoms with van der Waals surface area (Å²) in [5, 5.41) is 2.95. The molecular formula is C17H15N3O. The minimum Gasteiger partial charge on any atom is -0.307 e. The van der Waals surface area contributed by atoms with Crippen molar-refractivity contribution in [3.8, 4) is 0 Å². The predicted octanol–water partition coefficient (Wildman–Crippen LogP) is 3.62. The Bertz CT molecular complexity index is 803. The minimum absolute atomic E-state index is 0.118. The zero-order valence-electron chi connectivity index (χ0n) is 11.5. The summed E-state index contributed by atoms with van der Waals surface area (Å²) in [4.78, 5) is 16.9. The lowest BCUT2D eigenvalue weighted by Crippen LogP contribution is -2.15. The number of rotatable bonds is 3. The van der Waals surface area contributed by atoms with Gasteiger partial charge in [-0.1, -0.05) is 30.3 Å². The topological polar surface area (TPSA) is 46.9 Å². The number of carbonyl (C=O) groups excluding carboxylic acids is 1. The molecule has 1 amide bonds. The maximum Gasteiger partial charge on any atom is 0.257 e. The average molecular weight is 277 g/mol. The number of imidazole rings is 1. The van der Waals surface area contributed by atoms with E-state index in [0.29, 0.717) is 17.6 Å². The fourth-order valence-electron chi connectivity index (χ4n) is 2.60. The normalized spacial score (nSPS) is 14.3. The molecule has 0 radical (unpaired) electrons. The number of nitrogens with zero attached hydrogens (tertiary/aromatic N) is 2. The number of para-hydroxylation sites is 2. The van der Waals surface area contributed by atoms with E-state index < -0.39 is 0 Å². The average Bonchev–Trinajstić information content (AvgIpc) is 3.29. The van der Waals surface area contributed by atoms with Gasteiger partial charge in [0.1, 0.15) is 0 Å². The van der Waals surface area contributed by atoms with E-state index >= 15 is 0 Å². The van der Waals surface area contributed by atoms with Crippen LogP contribution in [0.3, 0.4) is 0 Å². The van der Waals surface area contributed by atoms with Gasteiger partial charge in [0.15, 0.2) is 0 Å². The molecule has 0 unspecified atom stereocenters. The van der Waals surface area contributed by atoms with Crippen molar-refractivity contribution in [3.05, 3.63) is 60.2 Å². The first kappa shape index (κ1) is 12.1. The van der Waals surface area contributed by atoms with Crippen LogP contribution in [-0.2, 0) is 0 Å². The fourth-order valence-corrected chi connectivity index (χ4v) is 2.60. The Morgan fingerprint density at radius 3 is 2.52 bits per heavy atom. The Hall–Kier alpha value is -2.62. The maximum atomic E-state index is 12.3. The first-order valence-electron chi connectivity index (χ1n) is 7.16. The number of nitrogens with one attached hydrogen (secondary N) is 1. The Kier molecular flexibility index (Phi) is 2.74. The summed E-state index contributed by atoms with van der Waals surface area (Å²) in [5.74, 6) is 0.528. The van der Waals surface area contributed by atoms with Gasteiger partial charge in [0.25, 0.3) is 5.91 Å². The number of hydrogen-bond acceptors (Lipinski definition) is 2. The van der Waals surface area contributed by atoms with E-state index in [1.165, 1.54) is 0 Å². The van der Waals surface area contributed by atoms with Crippen molar-refractivity contribution in [1.29, 1.82) is 0 Å². The number of carbonyl (C=O) groups is 1. The maximum absolute atomic E-state index is 12.3. The van der Waals surface area contributed by atoms with Crippen LogP contribution in [0.25, 0.3) is 11.0 Å². The van der Waals surface area contributed by atoms with Gasteiger partial charge in [0, 0.05) is 11.6 Å². The van der Waals surface area contributed by atoms with Crippen molar-refractivity contribution in [2.45, 2.75) is 18.9 Å². The van der Waals surface area contributed by atoms with E-state index in [2.05, 4.69) is 20.9 Å². The van der Waals surface area contributed by atoms with Crippen LogP contribution in [0.4, 0.5) is 5.95 Å². The van der Waals surface area contributed by atoms with E-state index in [4.69, 9.17) is 0 Å². The third kappa shape index (κ3) is 2.18. The van der Waals surface area contributed by atoms with Gasteiger partial charge in [-0.05, 0) is 37.1 Å². The summed E-state index contributed by atoms with van der Waals surface area (Å²) in [6.07, 6.45) is 2.29. The molecule has 2 aromatic carbocycles. The monoisotopic (exact) mass is 277 g/mol. The smallest absolute Gasteiger partial charge is 0.257 e. The largest absolute Gasteiger partial charge is 0.307 e. The van der Waals surface area contributed by atoms with Crippen molar-refractivity contribution >= 4 is 22.9 Å². The number of amides is 1. The predicted molar refractivity (Wildman–Crippen MR) is 82.4 cm³/mol. The summed E-state index contributed by atoms with van der Waals surface area (Å²) >= 11 is 0. The van der Waals surface area contributed by atoms with E-state index in [-0.39, 0.29) is 5.91 Å². The number of hydrogen-bond donors (Lipinski definition) is 1. The van der Waals surface area contributed by atoms with Gasteiger partial charge in [-0.25, -0.2) is 4.98 Å². The van der Waals surface area contributed by atoms with Crippen LogP contribution in [0.15, 0.2) is 54.6 Å². The molecule has 104 valence electrons. The molecule has 1 N–H and O–H groups in total. The standard InChI is InChI=1S/C17H15N3O/c21-16(12-6-2-1-3-7-12)19-17-18-14-8-4-5-9-15(14)20(17)13-10-11-13/h1-9,13H,10-11H2,(H,18,19,21). The third-order valence-corrected chi connectivity index (χ3v) is 3.77. The minimum atomic E-state index is -0.118. The highest BCUT2D eigenvalue weighted by Crippen LogP contribution is 2.40. The molecule has 1 aliphatic carbocycles. The van der Waals surface area contributed by atoms with E-state index in [1.54, 1.807) is 12.1 Å². The second-order valence-electron chi connectivity index (χ2n) is 5.35. The molecule has 0 bridgehead atoms. The summed E-state index contributed by atoms with van der Waals surface area (Å²) < 4.78 is 2.15. The van der Waals surface area contributed by atoms with E-state index in [1.807, 2.05) is 36.4 Å². The fraction of sp³-hybridized carbons (Fsp3) is 0.176. The number of anilines is 1. The van der Waals surface area contributed by atoms with E-state index in [0.717, 1.165) is 23.9 Å². The molecule has 1 fully saturated rings. The molecule has 3 aromatic rings. The molecule has 1 aliphatic rings. The Morgan fingerprint density at radius 1 is 1.05 bits per heavy atom. The van der Waals surface area contributed by atoms with Gasteiger partial charge in [-0.15, -0.1) is 0 Å². The van der Waals surface area contributed by atoms with Gasteiger partial charge in [-0.3, -0.25) is 10.1 Å². The van der Waals surface area contributed by atoms with Crippen molar-refractivity contribution in [1.82, 2.24) is 9.55 Å². The van der Waals surface area contributed by atoms with Crippen molar-refractivity contribution < 1.29 is 4.79 Å². The molecule has 1 heterocycles. The quantitative estimate of drug-likeness (QED) is 0.794. The second kappa shape index (κ2) is 4.74. The molecule has 4 nitrogen and oxygen atoms in total. The Labute approximate surface area is 122 Å². The summed E-state index contributed by atoms with van der Waals surface area (Å²) in [6.45, 7) is 0. The van der Waals surface area contributed by atoms with Crippen molar-refractivity contribution in [2.75, 3.05) is 5.32 Å². The van der Waals surface area contributed by atoms with Crippen molar-refractivity contribution in [3.63, 3.8) is 0 Å². The van der Waals surface area contributed by atoms with Crippen LogP contribution in [0.1, 0.15) is 29.2 Å². The van der Waals surface area contributed by atoms with Gasteiger partial charge < -0.3 is 4.57 Å². The summed E-state index contributed by atoms with van der Waals surface area (Å²) in [5.41, 5.74) is 2.66. The second-order valence-corrected chi connectivity index (χ2v) is 5.35. The number of fused-ring (bicyclic) bond motifs is 1. The molecule has 21 heavy (non-hydrogen) atoms. The van der Waals surface area contributed by atoms with Gasteiger partial charge in [0.05, 0.1) is 11.0 Å². The van der Waals surface area contributed by atoms with E-state index in [9.17, 15) is 4.79 Å². The molecule has 4 rings (SSSR count). The first-order valence-corrected chi connectivity index (χ1v) is 7.16. The zero-order chi connectivity index (χ0) is 14.2. The Balaban J connectivity index is 1.73. The molecule has 1 aromatic heterocycles. The molecule has 1 saturated carbocycles. The Morgan fingerprint density at radius 2 is 1.76 bits per heavy atom. The molecule has 0 saturated heterocycles. The molecule has 4 heteroatoms. The highest BCUT2D eigenvalue weighted by molar-refractivity contribution is 6.04. The van der Waals surface area contributed by atoms with Crippen molar-refractivity contribution in [2.24, 2.45) is 0 Å². The van der Waals surface area contributed by atoms with Gasteiger partial charge >= 0.3 is 0 Å². The number of benzene rings is 2. The molecular weight excluding hydrogens is 262 g/mol. The summed E-state index contributed by atoms with van der Waals surface area (Å²) in [6, 6.07) is 17.7. The highest BCUT2D eigenvalue weighted by atomic mass is 16.1. The van der Waals surface area contributed by atoms with Crippen LogP contribution in [0.5, 0.6) is 0 Å². The van der Waals surface area contributed by atoms with Crippen LogP contribution in [0, 0.1) is 0 Å². The zero-order valence-corrected chi connectivity index (χ0v) is 11.5. The SMILES string of the molecule is O=C(Nc1nc2ccccc2n1C1CC1)c1ccccc1. The molecule has 0 atom stereocenters. The van der Waals surface area contributed by atoms with Crippen LogP contribution < -0.4 is 5.32 Å². The van der Waals surface area contributed by atoms with Gasteiger partial charge in [0.2, 0.25) is 5.95 Å². The molecule has 0 spiro atoms. The van der Waals surface area contributed by atoms with Crippen LogP contribution in [0.2, 0.25) is 0 Å². The number of aromatic nitrogens is 2. The highest BCUT2D eigenvalue weighted by Gasteiger charge is 2.28. The first-order chi connectivity index (χ1) is 10.3. The summed E-state index contributed by atoms with van der Waals surface area (Å²) in [7, 11) is 0. The van der Waals surface area contributed by atoms with Crippen LogP contribution >= 0.6 is 0 Å². The lowest BCUT2D eigenvalue weighted by Gasteiger charge is -2.08. The third-order valence-electron chi connectivity index (χ3n) is 3.77. The van der Waals surface area contributed by atoms with Crippen LogP contribution in [-0.4, -0.2) is 15.5 Å². The lowest BCUT2D eigenvalue weighted by atomic mass is 10.2. The molecule has 0 aliphatic heterocycles.